The molecule has 19 heavy (non-hydrogen) atoms. The minimum atomic E-state index is -0.258. The third kappa shape index (κ3) is 3.40. The van der Waals surface area contributed by atoms with E-state index in [0.717, 1.165) is 5.69 Å². The standard InChI is InChI=1S/C16H24FNO/c1-11(2)13-6-4-5-7-14(13)18-15-9-8-12(17)10-16(15)19-3/h8-11,13-14,18H,4-7H2,1-3H3. The molecule has 1 aliphatic rings. The molecule has 2 nitrogen and oxygen atoms in total. The van der Waals surface area contributed by atoms with Crippen LogP contribution in [0.2, 0.25) is 0 Å². The maximum atomic E-state index is 13.2. The number of rotatable bonds is 4. The lowest BCUT2D eigenvalue weighted by atomic mass is 9.78. The van der Waals surface area contributed by atoms with Gasteiger partial charge < -0.3 is 10.1 Å². The summed E-state index contributed by atoms with van der Waals surface area (Å²) in [6.07, 6.45) is 5.05. The highest BCUT2D eigenvalue weighted by molar-refractivity contribution is 5.57. The zero-order valence-electron chi connectivity index (χ0n) is 12.1. The predicted molar refractivity (Wildman–Crippen MR) is 77.2 cm³/mol. The molecule has 0 saturated heterocycles. The van der Waals surface area contributed by atoms with Crippen LogP contribution >= 0.6 is 0 Å². The van der Waals surface area contributed by atoms with Gasteiger partial charge in [-0.15, -0.1) is 0 Å². The molecule has 1 aromatic rings. The maximum absolute atomic E-state index is 13.2. The first kappa shape index (κ1) is 14.2. The van der Waals surface area contributed by atoms with Gasteiger partial charge >= 0.3 is 0 Å². The zero-order valence-corrected chi connectivity index (χ0v) is 12.1. The summed E-state index contributed by atoms with van der Waals surface area (Å²) in [6, 6.07) is 5.17. The summed E-state index contributed by atoms with van der Waals surface area (Å²) in [5.41, 5.74) is 0.904. The van der Waals surface area contributed by atoms with E-state index in [9.17, 15) is 4.39 Å². The van der Waals surface area contributed by atoms with Crippen LogP contribution in [0.4, 0.5) is 10.1 Å². The summed E-state index contributed by atoms with van der Waals surface area (Å²) < 4.78 is 18.5. The van der Waals surface area contributed by atoms with Gasteiger partial charge in [-0.2, -0.15) is 0 Å². The second-order valence-corrected chi connectivity index (χ2v) is 5.79. The fourth-order valence-corrected chi connectivity index (χ4v) is 3.12. The molecule has 0 aromatic heterocycles. The van der Waals surface area contributed by atoms with Crippen molar-refractivity contribution in [1.29, 1.82) is 0 Å². The van der Waals surface area contributed by atoms with Crippen molar-refractivity contribution in [1.82, 2.24) is 0 Å². The maximum Gasteiger partial charge on any atom is 0.144 e. The molecule has 2 atom stereocenters. The second-order valence-electron chi connectivity index (χ2n) is 5.79. The molecule has 2 unspecified atom stereocenters. The van der Waals surface area contributed by atoms with Gasteiger partial charge in [-0.1, -0.05) is 26.7 Å². The smallest absolute Gasteiger partial charge is 0.144 e. The van der Waals surface area contributed by atoms with Crippen molar-refractivity contribution in [3.05, 3.63) is 24.0 Å². The van der Waals surface area contributed by atoms with Gasteiger partial charge in [0.05, 0.1) is 12.8 Å². The van der Waals surface area contributed by atoms with E-state index in [-0.39, 0.29) is 5.82 Å². The zero-order chi connectivity index (χ0) is 13.8. The van der Waals surface area contributed by atoms with E-state index < -0.39 is 0 Å². The van der Waals surface area contributed by atoms with Crippen molar-refractivity contribution < 1.29 is 9.13 Å². The number of methoxy groups -OCH3 is 1. The van der Waals surface area contributed by atoms with Gasteiger partial charge in [0.15, 0.2) is 0 Å². The number of nitrogens with one attached hydrogen (secondary N) is 1. The fourth-order valence-electron chi connectivity index (χ4n) is 3.12. The third-order valence-electron chi connectivity index (χ3n) is 4.18. The largest absolute Gasteiger partial charge is 0.494 e. The molecule has 0 bridgehead atoms. The van der Waals surface area contributed by atoms with Crippen LogP contribution in [-0.4, -0.2) is 13.2 Å². The van der Waals surface area contributed by atoms with E-state index >= 15 is 0 Å². The van der Waals surface area contributed by atoms with E-state index in [1.807, 2.05) is 0 Å². The summed E-state index contributed by atoms with van der Waals surface area (Å²) in [5.74, 6) is 1.69. The molecule has 0 aliphatic heterocycles. The van der Waals surface area contributed by atoms with Gasteiger partial charge in [0.25, 0.3) is 0 Å². The molecule has 0 heterocycles. The van der Waals surface area contributed by atoms with E-state index in [1.54, 1.807) is 13.2 Å². The summed E-state index contributed by atoms with van der Waals surface area (Å²) in [7, 11) is 1.58. The monoisotopic (exact) mass is 265 g/mol. The number of hydrogen-bond donors (Lipinski definition) is 1. The number of benzene rings is 1. The lowest BCUT2D eigenvalue weighted by Gasteiger charge is -2.35. The average Bonchev–Trinajstić information content (AvgIpc) is 2.41. The van der Waals surface area contributed by atoms with Crippen LogP contribution in [0.15, 0.2) is 18.2 Å². The lowest BCUT2D eigenvalue weighted by Crippen LogP contribution is -2.35. The highest BCUT2D eigenvalue weighted by atomic mass is 19.1. The molecule has 1 N–H and O–H groups in total. The minimum Gasteiger partial charge on any atom is -0.494 e. The SMILES string of the molecule is COc1cc(F)ccc1NC1CCCCC1C(C)C. The molecule has 1 fully saturated rings. The van der Waals surface area contributed by atoms with E-state index in [0.29, 0.717) is 23.6 Å². The van der Waals surface area contributed by atoms with Gasteiger partial charge in [0, 0.05) is 12.1 Å². The van der Waals surface area contributed by atoms with Crippen molar-refractivity contribution in [2.75, 3.05) is 12.4 Å². The third-order valence-corrected chi connectivity index (χ3v) is 4.18. The Morgan fingerprint density at radius 3 is 2.68 bits per heavy atom. The number of hydrogen-bond acceptors (Lipinski definition) is 2. The Hall–Kier alpha value is -1.25. The number of ether oxygens (including phenoxy) is 1. The topological polar surface area (TPSA) is 21.3 Å². The van der Waals surface area contributed by atoms with E-state index in [2.05, 4.69) is 19.2 Å². The molecule has 0 radical (unpaired) electrons. The highest BCUT2D eigenvalue weighted by Crippen LogP contribution is 2.34. The van der Waals surface area contributed by atoms with Crippen LogP contribution in [0.25, 0.3) is 0 Å². The number of halogens is 1. The summed E-state index contributed by atoms with van der Waals surface area (Å²) >= 11 is 0. The van der Waals surface area contributed by atoms with Gasteiger partial charge in [-0.05, 0) is 36.8 Å². The Bertz CT molecular complexity index is 419. The van der Waals surface area contributed by atoms with Crippen molar-refractivity contribution in [3.63, 3.8) is 0 Å². The lowest BCUT2D eigenvalue weighted by molar-refractivity contribution is 0.253. The minimum absolute atomic E-state index is 0.258. The fraction of sp³-hybridized carbons (Fsp3) is 0.625. The van der Waals surface area contributed by atoms with E-state index in [1.165, 1.54) is 37.8 Å². The summed E-state index contributed by atoms with van der Waals surface area (Å²) in [6.45, 7) is 4.57. The van der Waals surface area contributed by atoms with Crippen molar-refractivity contribution in [2.45, 2.75) is 45.6 Å². The molecule has 1 saturated carbocycles. The normalized spacial score (nSPS) is 23.4. The highest BCUT2D eigenvalue weighted by Gasteiger charge is 2.27. The molecule has 106 valence electrons. The van der Waals surface area contributed by atoms with Gasteiger partial charge in [-0.25, -0.2) is 4.39 Å². The Morgan fingerprint density at radius 1 is 1.26 bits per heavy atom. The Morgan fingerprint density at radius 2 is 2.00 bits per heavy atom. The predicted octanol–water partition coefficient (Wildman–Crippen LogP) is 4.46. The molecule has 1 aliphatic carbocycles. The first-order valence-electron chi connectivity index (χ1n) is 7.22. The molecule has 2 rings (SSSR count). The van der Waals surface area contributed by atoms with Crippen molar-refractivity contribution in [3.8, 4) is 5.75 Å². The van der Waals surface area contributed by atoms with Gasteiger partial charge in [0.1, 0.15) is 11.6 Å². The van der Waals surface area contributed by atoms with Crippen LogP contribution in [0.5, 0.6) is 5.75 Å². The molecular weight excluding hydrogens is 241 g/mol. The molecule has 0 spiro atoms. The first-order valence-corrected chi connectivity index (χ1v) is 7.22. The van der Waals surface area contributed by atoms with Gasteiger partial charge in [-0.3, -0.25) is 0 Å². The molecule has 3 heteroatoms. The first-order chi connectivity index (χ1) is 9.11. The van der Waals surface area contributed by atoms with E-state index in [4.69, 9.17) is 4.74 Å². The molecule has 0 amide bonds. The number of anilines is 1. The Labute approximate surface area is 115 Å². The molecule has 1 aromatic carbocycles. The second kappa shape index (κ2) is 6.27. The summed E-state index contributed by atoms with van der Waals surface area (Å²) in [4.78, 5) is 0. The quantitative estimate of drug-likeness (QED) is 0.867. The van der Waals surface area contributed by atoms with Gasteiger partial charge in [0.2, 0.25) is 0 Å². The van der Waals surface area contributed by atoms with Crippen LogP contribution in [-0.2, 0) is 0 Å². The van der Waals surface area contributed by atoms with Crippen LogP contribution in [0, 0.1) is 17.7 Å². The Balaban J connectivity index is 2.14. The van der Waals surface area contributed by atoms with Crippen molar-refractivity contribution in [2.24, 2.45) is 11.8 Å². The Kier molecular flexibility index (Phi) is 4.67. The van der Waals surface area contributed by atoms with Crippen LogP contribution < -0.4 is 10.1 Å². The van der Waals surface area contributed by atoms with Crippen molar-refractivity contribution >= 4 is 5.69 Å². The van der Waals surface area contributed by atoms with Crippen LogP contribution in [0.3, 0.4) is 0 Å². The average molecular weight is 265 g/mol. The van der Waals surface area contributed by atoms with Crippen LogP contribution in [0.1, 0.15) is 39.5 Å². The molecular formula is C16H24FNO. The summed E-state index contributed by atoms with van der Waals surface area (Å²) in [5, 5.41) is 3.57.